The van der Waals surface area contributed by atoms with Crippen LogP contribution in [0.15, 0.2) is 4.52 Å². The van der Waals surface area contributed by atoms with E-state index in [1.807, 2.05) is 0 Å². The third kappa shape index (κ3) is 3.46. The normalized spacial score (nSPS) is 10.7. The molecule has 2 aromatic heterocycles. The molecule has 1 N–H and O–H groups in total. The van der Waals surface area contributed by atoms with Crippen LogP contribution in [0.3, 0.4) is 0 Å². The summed E-state index contributed by atoms with van der Waals surface area (Å²) >= 11 is 0. The minimum absolute atomic E-state index is 0.547. The smallest absolute Gasteiger partial charge is 0.242 e. The van der Waals surface area contributed by atoms with Gasteiger partial charge in [0.05, 0.1) is 11.4 Å². The maximum Gasteiger partial charge on any atom is 0.242 e. The minimum Gasteiger partial charge on any atom is -0.352 e. The number of nitrogens with zero attached hydrogens (tertiary/aromatic N) is 5. The molecule has 0 atom stereocenters. The molecule has 0 aliphatic heterocycles. The van der Waals surface area contributed by atoms with Gasteiger partial charge in [0.1, 0.15) is 0 Å². The van der Waals surface area contributed by atoms with E-state index in [9.17, 15) is 0 Å². The van der Waals surface area contributed by atoms with E-state index in [1.54, 1.807) is 6.92 Å². The summed E-state index contributed by atoms with van der Waals surface area (Å²) in [6.45, 7) is 6.55. The number of anilines is 1. The van der Waals surface area contributed by atoms with Crippen molar-refractivity contribution in [2.75, 3.05) is 11.9 Å². The fraction of sp³-hybridized carbons (Fsp3) is 0.583. The number of nitrogens with one attached hydrogen (secondary N) is 1. The largest absolute Gasteiger partial charge is 0.352 e. The number of aromatic nitrogens is 5. The summed E-state index contributed by atoms with van der Waals surface area (Å²) in [5, 5.41) is 15.1. The van der Waals surface area contributed by atoms with E-state index in [2.05, 4.69) is 44.5 Å². The van der Waals surface area contributed by atoms with E-state index in [-0.39, 0.29) is 0 Å². The molecule has 2 heterocycles. The summed E-state index contributed by atoms with van der Waals surface area (Å²) in [5.74, 6) is 1.80. The van der Waals surface area contributed by atoms with Gasteiger partial charge in [-0.3, -0.25) is 0 Å². The molecule has 0 radical (unpaired) electrons. The highest BCUT2D eigenvalue weighted by Gasteiger charge is 2.06. The third-order valence-corrected chi connectivity index (χ3v) is 2.70. The first-order valence-electron chi connectivity index (χ1n) is 6.48. The standard InChI is InChI=1S/C12H18N6O/c1-4-9-10(5-2)16-17-12(15-9)13-7-6-11-14-8(3)18-19-11/h4-7H2,1-3H3,(H,13,15,17). The van der Waals surface area contributed by atoms with Crippen molar-refractivity contribution in [3.63, 3.8) is 0 Å². The van der Waals surface area contributed by atoms with Crippen LogP contribution in [0.1, 0.15) is 37.0 Å². The van der Waals surface area contributed by atoms with Gasteiger partial charge in [-0.2, -0.15) is 10.1 Å². The molecular weight excluding hydrogens is 244 g/mol. The fourth-order valence-corrected chi connectivity index (χ4v) is 1.74. The van der Waals surface area contributed by atoms with Gasteiger partial charge in [0.15, 0.2) is 5.82 Å². The predicted molar refractivity (Wildman–Crippen MR) is 69.8 cm³/mol. The van der Waals surface area contributed by atoms with Crippen molar-refractivity contribution in [3.8, 4) is 0 Å². The average Bonchev–Trinajstić information content (AvgIpc) is 2.84. The summed E-state index contributed by atoms with van der Waals surface area (Å²) in [5.41, 5.74) is 1.95. The van der Waals surface area contributed by atoms with Gasteiger partial charge in [-0.25, -0.2) is 4.98 Å². The summed E-state index contributed by atoms with van der Waals surface area (Å²) in [4.78, 5) is 8.58. The molecule has 0 spiro atoms. The molecule has 0 bridgehead atoms. The first-order chi connectivity index (χ1) is 9.22. The Labute approximate surface area is 111 Å². The molecule has 102 valence electrons. The van der Waals surface area contributed by atoms with E-state index in [0.717, 1.165) is 24.2 Å². The Morgan fingerprint density at radius 3 is 2.47 bits per heavy atom. The van der Waals surface area contributed by atoms with Crippen molar-refractivity contribution in [1.82, 2.24) is 25.3 Å². The van der Waals surface area contributed by atoms with Gasteiger partial charge in [0, 0.05) is 13.0 Å². The van der Waals surface area contributed by atoms with Crippen LogP contribution in [0, 0.1) is 6.92 Å². The zero-order chi connectivity index (χ0) is 13.7. The van der Waals surface area contributed by atoms with E-state index in [4.69, 9.17) is 4.52 Å². The second-order valence-corrected chi connectivity index (χ2v) is 4.15. The van der Waals surface area contributed by atoms with Gasteiger partial charge in [0.25, 0.3) is 0 Å². The Balaban J connectivity index is 1.92. The van der Waals surface area contributed by atoms with Gasteiger partial charge >= 0.3 is 0 Å². The Hall–Kier alpha value is -2.05. The van der Waals surface area contributed by atoms with Gasteiger partial charge < -0.3 is 9.84 Å². The number of hydrogen-bond donors (Lipinski definition) is 1. The highest BCUT2D eigenvalue weighted by molar-refractivity contribution is 5.25. The van der Waals surface area contributed by atoms with Crippen LogP contribution in [0.4, 0.5) is 5.95 Å². The van der Waals surface area contributed by atoms with Crippen molar-refractivity contribution in [3.05, 3.63) is 23.1 Å². The summed E-state index contributed by atoms with van der Waals surface area (Å²) < 4.78 is 5.03. The molecule has 0 fully saturated rings. The Morgan fingerprint density at radius 1 is 1.05 bits per heavy atom. The molecule has 0 aliphatic carbocycles. The Morgan fingerprint density at radius 2 is 1.84 bits per heavy atom. The van der Waals surface area contributed by atoms with Crippen LogP contribution < -0.4 is 5.32 Å². The number of aryl methyl sites for hydroxylation is 3. The first-order valence-corrected chi connectivity index (χ1v) is 6.48. The van der Waals surface area contributed by atoms with E-state index >= 15 is 0 Å². The number of hydrogen-bond acceptors (Lipinski definition) is 7. The molecule has 2 aromatic rings. The van der Waals surface area contributed by atoms with Gasteiger partial charge in [-0.15, -0.1) is 5.10 Å². The molecule has 0 saturated heterocycles. The van der Waals surface area contributed by atoms with Crippen molar-refractivity contribution in [2.24, 2.45) is 0 Å². The molecule has 0 aliphatic rings. The second-order valence-electron chi connectivity index (χ2n) is 4.15. The zero-order valence-corrected chi connectivity index (χ0v) is 11.5. The van der Waals surface area contributed by atoms with Gasteiger partial charge in [-0.1, -0.05) is 19.0 Å². The maximum absolute atomic E-state index is 5.03. The Kier molecular flexibility index (Phi) is 4.38. The molecule has 0 saturated carbocycles. The maximum atomic E-state index is 5.03. The molecule has 7 nitrogen and oxygen atoms in total. The van der Waals surface area contributed by atoms with Crippen LogP contribution in [-0.2, 0) is 19.3 Å². The molecule has 0 unspecified atom stereocenters. The number of rotatable bonds is 6. The second kappa shape index (κ2) is 6.21. The van der Waals surface area contributed by atoms with Gasteiger partial charge in [-0.05, 0) is 19.8 Å². The molecule has 0 amide bonds. The quantitative estimate of drug-likeness (QED) is 0.840. The lowest BCUT2D eigenvalue weighted by atomic mass is 10.2. The van der Waals surface area contributed by atoms with Crippen molar-refractivity contribution < 1.29 is 4.52 Å². The van der Waals surface area contributed by atoms with Crippen LogP contribution in [0.2, 0.25) is 0 Å². The fourth-order valence-electron chi connectivity index (χ4n) is 1.74. The van der Waals surface area contributed by atoms with E-state index < -0.39 is 0 Å². The third-order valence-electron chi connectivity index (χ3n) is 2.70. The summed E-state index contributed by atoms with van der Waals surface area (Å²) in [6.07, 6.45) is 2.35. The average molecular weight is 262 g/mol. The van der Waals surface area contributed by atoms with Crippen molar-refractivity contribution in [1.29, 1.82) is 0 Å². The Bertz CT molecular complexity index is 539. The molecule has 19 heavy (non-hydrogen) atoms. The minimum atomic E-state index is 0.547. The zero-order valence-electron chi connectivity index (χ0n) is 11.5. The van der Waals surface area contributed by atoms with Crippen LogP contribution >= 0.6 is 0 Å². The summed E-state index contributed by atoms with van der Waals surface area (Å²) in [7, 11) is 0. The highest BCUT2D eigenvalue weighted by atomic mass is 16.5. The van der Waals surface area contributed by atoms with E-state index in [0.29, 0.717) is 30.6 Å². The molecule has 7 heteroatoms. The van der Waals surface area contributed by atoms with Crippen molar-refractivity contribution >= 4 is 5.95 Å². The lowest BCUT2D eigenvalue weighted by Crippen LogP contribution is -2.12. The lowest BCUT2D eigenvalue weighted by molar-refractivity contribution is 0.377. The molecular formula is C12H18N6O. The predicted octanol–water partition coefficient (Wildman–Crippen LogP) is 1.34. The topological polar surface area (TPSA) is 89.6 Å². The first kappa shape index (κ1) is 13.4. The van der Waals surface area contributed by atoms with E-state index in [1.165, 1.54) is 0 Å². The van der Waals surface area contributed by atoms with Crippen LogP contribution in [-0.4, -0.2) is 31.9 Å². The monoisotopic (exact) mass is 262 g/mol. The van der Waals surface area contributed by atoms with Crippen LogP contribution in [0.5, 0.6) is 0 Å². The lowest BCUT2D eigenvalue weighted by Gasteiger charge is -2.06. The molecule has 0 aromatic carbocycles. The molecule has 2 rings (SSSR count). The highest BCUT2D eigenvalue weighted by Crippen LogP contribution is 2.07. The van der Waals surface area contributed by atoms with Crippen LogP contribution in [0.25, 0.3) is 0 Å². The van der Waals surface area contributed by atoms with Gasteiger partial charge in [0.2, 0.25) is 11.8 Å². The van der Waals surface area contributed by atoms with Crippen molar-refractivity contribution in [2.45, 2.75) is 40.0 Å². The summed E-state index contributed by atoms with van der Waals surface area (Å²) in [6, 6.07) is 0. The SMILES string of the molecule is CCc1nnc(NCCc2nc(C)no2)nc1CC.